The van der Waals surface area contributed by atoms with Gasteiger partial charge in [0.15, 0.2) is 0 Å². The maximum Gasteiger partial charge on any atom is 0.246 e. The Kier molecular flexibility index (Phi) is 5.92. The van der Waals surface area contributed by atoms with Gasteiger partial charge in [0.2, 0.25) is 11.7 Å². The minimum atomic E-state index is 0.0330. The molecule has 2 rings (SSSR count). The molecule has 0 aliphatic carbocycles. The third-order valence-electron chi connectivity index (χ3n) is 3.65. The number of nitrogens with one attached hydrogen (secondary N) is 2. The van der Waals surface area contributed by atoms with Crippen molar-refractivity contribution in [3.8, 4) is 0 Å². The van der Waals surface area contributed by atoms with Crippen LogP contribution in [-0.4, -0.2) is 30.4 Å². The van der Waals surface area contributed by atoms with E-state index in [1.165, 1.54) is 5.56 Å². The molecule has 0 saturated heterocycles. The second-order valence-electron chi connectivity index (χ2n) is 5.72. The van der Waals surface area contributed by atoms with Crippen molar-refractivity contribution in [3.05, 3.63) is 60.2 Å². The molecule has 4 nitrogen and oxygen atoms in total. The Morgan fingerprint density at radius 3 is 2.04 bits per heavy atom. The third-order valence-corrected chi connectivity index (χ3v) is 3.65. The highest BCUT2D eigenvalue weighted by Gasteiger charge is 2.05. The number of nitrogens with zero attached hydrogens (tertiary/aromatic N) is 1. The minimum absolute atomic E-state index is 0.0330. The van der Waals surface area contributed by atoms with Crippen LogP contribution in [0.1, 0.15) is 18.9 Å². The number of hydrogen-bond acceptors (Lipinski definition) is 1. The van der Waals surface area contributed by atoms with Crippen LogP contribution in [0.4, 0.5) is 11.4 Å². The van der Waals surface area contributed by atoms with Gasteiger partial charge in [0.05, 0.1) is 14.1 Å². The van der Waals surface area contributed by atoms with Crippen LogP contribution < -0.4 is 10.6 Å². The summed E-state index contributed by atoms with van der Waals surface area (Å²) in [6.45, 7) is 2.01. The smallest absolute Gasteiger partial charge is 0.246 e. The molecule has 23 heavy (non-hydrogen) atoms. The van der Waals surface area contributed by atoms with E-state index >= 15 is 0 Å². The molecular formula is C19H24N3O+. The first kappa shape index (κ1) is 16.7. The van der Waals surface area contributed by atoms with E-state index in [9.17, 15) is 4.79 Å². The lowest BCUT2D eigenvalue weighted by Crippen LogP contribution is -2.18. The van der Waals surface area contributed by atoms with Crippen molar-refractivity contribution in [1.29, 1.82) is 0 Å². The van der Waals surface area contributed by atoms with E-state index in [2.05, 4.69) is 10.6 Å². The number of amides is 1. The quantitative estimate of drug-likeness (QED) is 0.505. The van der Waals surface area contributed by atoms with E-state index in [0.29, 0.717) is 6.42 Å². The standard InChI is InChI=1S/C19H23N3O/c1-15(22(2)3)20-17-10-12-18(13-11-17)21-19(23)14-9-16-7-5-4-6-8-16/h4-8,10-13H,9,14H2,1-3H3,(H,21,23)/p+1. The lowest BCUT2D eigenvalue weighted by atomic mass is 10.1. The summed E-state index contributed by atoms with van der Waals surface area (Å²) in [6, 6.07) is 17.8. The molecule has 4 heteroatoms. The molecule has 0 spiro atoms. The molecule has 0 aliphatic heterocycles. The van der Waals surface area contributed by atoms with E-state index in [0.717, 1.165) is 23.6 Å². The van der Waals surface area contributed by atoms with E-state index in [4.69, 9.17) is 0 Å². The van der Waals surface area contributed by atoms with Crippen LogP contribution in [0.5, 0.6) is 0 Å². The molecule has 0 fully saturated rings. The number of benzene rings is 2. The van der Waals surface area contributed by atoms with Gasteiger partial charge >= 0.3 is 0 Å². The van der Waals surface area contributed by atoms with Gasteiger partial charge in [0.1, 0.15) is 5.69 Å². The molecule has 2 N–H and O–H groups in total. The Hall–Kier alpha value is -2.62. The van der Waals surface area contributed by atoms with Crippen molar-refractivity contribution < 1.29 is 9.37 Å². The van der Waals surface area contributed by atoms with Crippen molar-refractivity contribution in [2.75, 3.05) is 24.7 Å². The average molecular weight is 310 g/mol. The minimum Gasteiger partial charge on any atom is -0.326 e. The Bertz CT molecular complexity index is 672. The zero-order chi connectivity index (χ0) is 16.7. The Labute approximate surface area is 137 Å². The lowest BCUT2D eigenvalue weighted by Gasteiger charge is -2.06. The van der Waals surface area contributed by atoms with Crippen LogP contribution in [0.15, 0.2) is 54.6 Å². The molecule has 0 atom stereocenters. The first-order valence-electron chi connectivity index (χ1n) is 7.76. The number of hydrogen-bond donors (Lipinski definition) is 2. The first-order chi connectivity index (χ1) is 11.0. The van der Waals surface area contributed by atoms with E-state index in [1.807, 2.05) is 80.2 Å². The average Bonchev–Trinajstić information content (AvgIpc) is 2.55. The van der Waals surface area contributed by atoms with Crippen molar-refractivity contribution in [3.63, 3.8) is 0 Å². The number of aryl methyl sites for hydroxylation is 1. The molecule has 0 heterocycles. The van der Waals surface area contributed by atoms with Crippen molar-refractivity contribution in [1.82, 2.24) is 0 Å². The zero-order valence-electron chi connectivity index (χ0n) is 14.0. The van der Waals surface area contributed by atoms with Gasteiger partial charge in [0, 0.05) is 19.0 Å². The molecule has 0 saturated carbocycles. The molecule has 0 bridgehead atoms. The maximum absolute atomic E-state index is 12.0. The largest absolute Gasteiger partial charge is 0.326 e. The number of rotatable bonds is 5. The molecule has 2 aromatic rings. The molecule has 0 aromatic heterocycles. The Morgan fingerprint density at radius 2 is 1.48 bits per heavy atom. The van der Waals surface area contributed by atoms with Gasteiger partial charge in [-0.2, -0.15) is 0 Å². The maximum atomic E-state index is 12.0. The predicted octanol–water partition coefficient (Wildman–Crippen LogP) is 3.36. The second-order valence-corrected chi connectivity index (χ2v) is 5.72. The summed E-state index contributed by atoms with van der Waals surface area (Å²) < 4.78 is 2.01. The van der Waals surface area contributed by atoms with Gasteiger partial charge in [-0.1, -0.05) is 30.3 Å². The fraction of sp³-hybridized carbons (Fsp3) is 0.263. The molecule has 1 amide bonds. The summed E-state index contributed by atoms with van der Waals surface area (Å²) in [4.78, 5) is 12.0. The van der Waals surface area contributed by atoms with Crippen LogP contribution in [0, 0.1) is 0 Å². The molecular weight excluding hydrogens is 286 g/mol. The van der Waals surface area contributed by atoms with E-state index in [1.54, 1.807) is 0 Å². The van der Waals surface area contributed by atoms with Gasteiger partial charge in [-0.15, -0.1) is 0 Å². The first-order valence-corrected chi connectivity index (χ1v) is 7.76. The van der Waals surface area contributed by atoms with Crippen molar-refractivity contribution >= 4 is 23.1 Å². The third kappa shape index (κ3) is 5.58. The van der Waals surface area contributed by atoms with Gasteiger partial charge in [-0.25, -0.2) is 5.32 Å². The summed E-state index contributed by atoms with van der Waals surface area (Å²) in [6.07, 6.45) is 1.24. The van der Waals surface area contributed by atoms with Crippen LogP contribution >= 0.6 is 0 Å². The zero-order valence-corrected chi connectivity index (χ0v) is 14.0. The fourth-order valence-corrected chi connectivity index (χ4v) is 2.08. The molecule has 0 aliphatic rings. The summed E-state index contributed by atoms with van der Waals surface area (Å²) in [7, 11) is 3.98. The van der Waals surface area contributed by atoms with Crippen LogP contribution in [0.25, 0.3) is 0 Å². The highest BCUT2D eigenvalue weighted by molar-refractivity contribution is 5.92. The van der Waals surface area contributed by atoms with Gasteiger partial charge in [-0.3, -0.25) is 9.37 Å². The SMILES string of the molecule is CC(Nc1ccc(NC(=O)CCc2ccccc2)cc1)=[N+](C)C. The molecule has 0 unspecified atom stereocenters. The molecule has 0 radical (unpaired) electrons. The number of amidine groups is 1. The van der Waals surface area contributed by atoms with Crippen LogP contribution in [0.3, 0.4) is 0 Å². The van der Waals surface area contributed by atoms with Gasteiger partial charge < -0.3 is 5.32 Å². The van der Waals surface area contributed by atoms with Crippen LogP contribution in [0.2, 0.25) is 0 Å². The topological polar surface area (TPSA) is 44.1 Å². The van der Waals surface area contributed by atoms with Crippen molar-refractivity contribution in [2.24, 2.45) is 0 Å². The molecule has 2 aromatic carbocycles. The number of carbonyl (C=O) groups excluding carboxylic acids is 1. The van der Waals surface area contributed by atoms with Gasteiger partial charge in [-0.05, 0) is 36.2 Å². The van der Waals surface area contributed by atoms with E-state index < -0.39 is 0 Å². The monoisotopic (exact) mass is 310 g/mol. The van der Waals surface area contributed by atoms with Crippen LogP contribution in [-0.2, 0) is 11.2 Å². The lowest BCUT2D eigenvalue weighted by molar-refractivity contribution is -0.464. The highest BCUT2D eigenvalue weighted by Crippen LogP contribution is 2.14. The van der Waals surface area contributed by atoms with Gasteiger partial charge in [0.25, 0.3) is 0 Å². The summed E-state index contributed by atoms with van der Waals surface area (Å²) in [5, 5.41) is 6.23. The second kappa shape index (κ2) is 8.13. The van der Waals surface area contributed by atoms with E-state index in [-0.39, 0.29) is 5.91 Å². The highest BCUT2D eigenvalue weighted by atomic mass is 16.1. The Morgan fingerprint density at radius 1 is 0.913 bits per heavy atom. The number of anilines is 2. The summed E-state index contributed by atoms with van der Waals surface area (Å²) in [5.74, 6) is 1.09. The molecule has 120 valence electrons. The Balaban J connectivity index is 1.85. The van der Waals surface area contributed by atoms with Crippen molar-refractivity contribution in [2.45, 2.75) is 19.8 Å². The normalized spacial score (nSPS) is 10.0. The predicted molar refractivity (Wildman–Crippen MR) is 96.2 cm³/mol. The fourth-order valence-electron chi connectivity index (χ4n) is 2.08. The summed E-state index contributed by atoms with van der Waals surface area (Å²) >= 11 is 0. The summed E-state index contributed by atoms with van der Waals surface area (Å²) in [5.41, 5.74) is 2.99. The number of carbonyl (C=O) groups is 1.